The van der Waals surface area contributed by atoms with Gasteiger partial charge >= 0.3 is 0 Å². The summed E-state index contributed by atoms with van der Waals surface area (Å²) in [5, 5.41) is 5.88. The normalized spacial score (nSPS) is 15.4. The predicted molar refractivity (Wildman–Crippen MR) is 93.4 cm³/mol. The average molecular weight is 347 g/mol. The number of nitrogens with one attached hydrogen (secondary N) is 1. The summed E-state index contributed by atoms with van der Waals surface area (Å²) < 4.78 is 19.7. The van der Waals surface area contributed by atoms with Crippen molar-refractivity contribution in [1.82, 2.24) is 5.43 Å². The van der Waals surface area contributed by atoms with Crippen molar-refractivity contribution in [2.75, 3.05) is 31.2 Å². The zero-order valence-corrected chi connectivity index (χ0v) is 14.1. The molecule has 1 aromatic heterocycles. The lowest BCUT2D eigenvalue weighted by molar-refractivity contribution is 0.0959. The van der Waals surface area contributed by atoms with Gasteiger partial charge < -0.3 is 9.64 Å². The molecule has 2 aromatic rings. The Bertz CT molecular complexity index is 740. The number of hydrogen-bond acceptors (Lipinski definition) is 5. The highest BCUT2D eigenvalue weighted by Crippen LogP contribution is 2.22. The van der Waals surface area contributed by atoms with Crippen LogP contribution >= 0.6 is 11.3 Å². The lowest BCUT2D eigenvalue weighted by Gasteiger charge is -2.29. The molecule has 1 aliphatic heterocycles. The fourth-order valence-corrected chi connectivity index (χ4v) is 3.07. The van der Waals surface area contributed by atoms with Crippen molar-refractivity contribution in [2.45, 2.75) is 6.92 Å². The number of hydrogen-bond donors (Lipinski definition) is 1. The average Bonchev–Trinajstić information content (AvgIpc) is 3.14. The van der Waals surface area contributed by atoms with Crippen molar-refractivity contribution < 1.29 is 13.9 Å². The van der Waals surface area contributed by atoms with Crippen molar-refractivity contribution >= 4 is 28.6 Å². The summed E-state index contributed by atoms with van der Waals surface area (Å²) in [7, 11) is 0. The molecule has 3 rings (SSSR count). The van der Waals surface area contributed by atoms with Crippen molar-refractivity contribution in [3.05, 3.63) is 52.0 Å². The zero-order chi connectivity index (χ0) is 16.9. The van der Waals surface area contributed by atoms with Crippen LogP contribution in [0.15, 0.2) is 40.8 Å². The molecule has 1 fully saturated rings. The standard InChI is InChI=1S/C17H18FN3O2S/c1-12(19-20-17(22)16-3-2-10-24-16)13-4-5-15(14(18)11-13)21-6-8-23-9-7-21/h2-5,10-11H,6-9H2,1H3,(H,20,22)/b19-12-. The Labute approximate surface area is 143 Å². The predicted octanol–water partition coefficient (Wildman–Crippen LogP) is 2.88. The van der Waals surface area contributed by atoms with Gasteiger partial charge in [0.15, 0.2) is 0 Å². The summed E-state index contributed by atoms with van der Waals surface area (Å²) in [6.45, 7) is 4.31. The van der Waals surface area contributed by atoms with E-state index in [1.165, 1.54) is 17.4 Å². The highest BCUT2D eigenvalue weighted by molar-refractivity contribution is 7.12. The molecule has 0 atom stereocenters. The second-order valence-corrected chi connectivity index (χ2v) is 6.33. The van der Waals surface area contributed by atoms with Crippen LogP contribution in [0.4, 0.5) is 10.1 Å². The van der Waals surface area contributed by atoms with Crippen LogP contribution in [-0.4, -0.2) is 37.9 Å². The summed E-state index contributed by atoms with van der Waals surface area (Å²) in [5.41, 5.74) is 4.24. The van der Waals surface area contributed by atoms with E-state index in [1.807, 2.05) is 16.3 Å². The number of carbonyl (C=O) groups excluding carboxylic acids is 1. The van der Waals surface area contributed by atoms with Gasteiger partial charge in [-0.2, -0.15) is 5.10 Å². The summed E-state index contributed by atoms with van der Waals surface area (Å²) in [6.07, 6.45) is 0. The van der Waals surface area contributed by atoms with E-state index in [-0.39, 0.29) is 11.7 Å². The Balaban J connectivity index is 1.70. The number of benzene rings is 1. The van der Waals surface area contributed by atoms with Crippen molar-refractivity contribution in [1.29, 1.82) is 0 Å². The van der Waals surface area contributed by atoms with Crippen LogP contribution in [0.5, 0.6) is 0 Å². The van der Waals surface area contributed by atoms with Crippen LogP contribution in [0, 0.1) is 5.82 Å². The molecule has 1 aliphatic rings. The molecule has 0 unspecified atom stereocenters. The first-order valence-electron chi connectivity index (χ1n) is 7.66. The number of morpholine rings is 1. The number of hydrazone groups is 1. The van der Waals surface area contributed by atoms with Crippen molar-refractivity contribution in [3.63, 3.8) is 0 Å². The van der Waals surface area contributed by atoms with Crippen LogP contribution in [0.25, 0.3) is 0 Å². The Morgan fingerprint density at radius 3 is 2.79 bits per heavy atom. The molecule has 126 valence electrons. The molecular weight excluding hydrogens is 329 g/mol. The number of rotatable bonds is 4. The molecule has 5 nitrogen and oxygen atoms in total. The van der Waals surface area contributed by atoms with Crippen LogP contribution in [0.1, 0.15) is 22.2 Å². The lowest BCUT2D eigenvalue weighted by atomic mass is 10.1. The number of nitrogens with zero attached hydrogens (tertiary/aromatic N) is 2. The smallest absolute Gasteiger partial charge is 0.281 e. The molecule has 2 heterocycles. The van der Waals surface area contributed by atoms with E-state index in [2.05, 4.69) is 10.5 Å². The zero-order valence-electron chi connectivity index (χ0n) is 13.3. The number of anilines is 1. The molecule has 24 heavy (non-hydrogen) atoms. The SMILES string of the molecule is C/C(=N/NC(=O)c1cccs1)c1ccc(N2CCOCC2)c(F)c1. The van der Waals surface area contributed by atoms with Gasteiger partial charge in [0.05, 0.1) is 29.5 Å². The van der Waals surface area contributed by atoms with E-state index >= 15 is 0 Å². The van der Waals surface area contributed by atoms with Crippen LogP contribution in [-0.2, 0) is 4.74 Å². The van der Waals surface area contributed by atoms with Gasteiger partial charge in [-0.25, -0.2) is 9.82 Å². The number of halogens is 1. The Hall–Kier alpha value is -2.25. The second-order valence-electron chi connectivity index (χ2n) is 5.38. The molecule has 0 radical (unpaired) electrons. The number of amides is 1. The largest absolute Gasteiger partial charge is 0.378 e. The van der Waals surface area contributed by atoms with Gasteiger partial charge in [-0.15, -0.1) is 11.3 Å². The first-order chi connectivity index (χ1) is 11.6. The summed E-state index contributed by atoms with van der Waals surface area (Å²) in [6, 6.07) is 8.53. The van der Waals surface area contributed by atoms with E-state index in [4.69, 9.17) is 4.74 Å². The van der Waals surface area contributed by atoms with E-state index in [0.29, 0.717) is 48.1 Å². The van der Waals surface area contributed by atoms with Gasteiger partial charge in [-0.1, -0.05) is 12.1 Å². The van der Waals surface area contributed by atoms with Crippen LogP contribution in [0.3, 0.4) is 0 Å². The van der Waals surface area contributed by atoms with Crippen LogP contribution in [0.2, 0.25) is 0 Å². The first-order valence-corrected chi connectivity index (χ1v) is 8.54. The first kappa shape index (κ1) is 16.6. The third-order valence-corrected chi connectivity index (χ3v) is 4.66. The maximum absolute atomic E-state index is 14.4. The van der Waals surface area contributed by atoms with Gasteiger partial charge in [-0.3, -0.25) is 4.79 Å². The van der Waals surface area contributed by atoms with E-state index in [9.17, 15) is 9.18 Å². The summed E-state index contributed by atoms with van der Waals surface area (Å²) in [5.74, 6) is -0.566. The van der Waals surface area contributed by atoms with Gasteiger partial charge in [0.25, 0.3) is 5.91 Å². The molecule has 1 aromatic carbocycles. The van der Waals surface area contributed by atoms with E-state index < -0.39 is 0 Å². The third kappa shape index (κ3) is 3.80. The molecule has 1 saturated heterocycles. The second kappa shape index (κ2) is 7.55. The maximum Gasteiger partial charge on any atom is 0.281 e. The molecule has 0 bridgehead atoms. The molecule has 1 N–H and O–H groups in total. The number of thiophene rings is 1. The summed E-state index contributed by atoms with van der Waals surface area (Å²) in [4.78, 5) is 14.4. The topological polar surface area (TPSA) is 53.9 Å². The molecule has 0 aliphatic carbocycles. The Morgan fingerprint density at radius 2 is 2.12 bits per heavy atom. The molecule has 0 spiro atoms. The minimum absolute atomic E-state index is 0.269. The Kier molecular flexibility index (Phi) is 5.22. The third-order valence-electron chi connectivity index (χ3n) is 3.79. The minimum atomic E-state index is -0.298. The van der Waals surface area contributed by atoms with Crippen molar-refractivity contribution in [2.24, 2.45) is 5.10 Å². The minimum Gasteiger partial charge on any atom is -0.378 e. The van der Waals surface area contributed by atoms with Gasteiger partial charge in [0.2, 0.25) is 0 Å². The van der Waals surface area contributed by atoms with E-state index in [1.54, 1.807) is 25.1 Å². The van der Waals surface area contributed by atoms with Crippen molar-refractivity contribution in [3.8, 4) is 0 Å². The molecule has 0 saturated carbocycles. The number of carbonyl (C=O) groups is 1. The van der Waals surface area contributed by atoms with Crippen LogP contribution < -0.4 is 10.3 Å². The molecule has 1 amide bonds. The van der Waals surface area contributed by atoms with Gasteiger partial charge in [0, 0.05) is 18.7 Å². The summed E-state index contributed by atoms with van der Waals surface area (Å²) >= 11 is 1.34. The maximum atomic E-state index is 14.4. The highest BCUT2D eigenvalue weighted by atomic mass is 32.1. The fraction of sp³-hybridized carbons (Fsp3) is 0.294. The van der Waals surface area contributed by atoms with E-state index in [0.717, 1.165) is 0 Å². The fourth-order valence-electron chi connectivity index (χ4n) is 2.45. The van der Waals surface area contributed by atoms with Gasteiger partial charge in [0.1, 0.15) is 5.82 Å². The van der Waals surface area contributed by atoms with Gasteiger partial charge in [-0.05, 0) is 30.5 Å². The molecular formula is C17H18FN3O2S. The number of ether oxygens (including phenoxy) is 1. The lowest BCUT2D eigenvalue weighted by Crippen LogP contribution is -2.36. The Morgan fingerprint density at radius 1 is 1.33 bits per heavy atom. The quantitative estimate of drug-likeness (QED) is 0.683. The monoisotopic (exact) mass is 347 g/mol. The molecule has 7 heteroatoms. The highest BCUT2D eigenvalue weighted by Gasteiger charge is 2.16.